The Morgan fingerprint density at radius 1 is 1.29 bits per heavy atom. The summed E-state index contributed by atoms with van der Waals surface area (Å²) in [4.78, 5) is 37.0. The van der Waals surface area contributed by atoms with Crippen LogP contribution in [0.25, 0.3) is 0 Å². The molecule has 4 aliphatic rings. The molecule has 0 aromatic heterocycles. The second-order valence-corrected chi connectivity index (χ2v) is 9.99. The van der Waals surface area contributed by atoms with E-state index in [4.69, 9.17) is 4.74 Å². The molecule has 31 heavy (non-hydrogen) atoms. The molecule has 0 aliphatic heterocycles. The minimum atomic E-state index is -1.79. The summed E-state index contributed by atoms with van der Waals surface area (Å²) >= 11 is 0. The molecule has 5 unspecified atom stereocenters. The number of hydrogen-bond donors (Lipinski definition) is 2. The van der Waals surface area contributed by atoms with E-state index in [2.05, 4.69) is 13.0 Å². The maximum absolute atomic E-state index is 13.0. The van der Waals surface area contributed by atoms with Gasteiger partial charge in [0.15, 0.2) is 17.6 Å². The fourth-order valence-electron chi connectivity index (χ4n) is 6.69. The molecule has 2 saturated carbocycles. The Balaban J connectivity index is 1.74. The van der Waals surface area contributed by atoms with Gasteiger partial charge in [-0.3, -0.25) is 14.4 Å². The molecule has 2 fully saturated rings. The van der Waals surface area contributed by atoms with E-state index in [9.17, 15) is 24.6 Å². The number of carbonyl (C=O) groups excluding carboxylic acids is 3. The quantitative estimate of drug-likeness (QED) is 0.516. The lowest BCUT2D eigenvalue weighted by molar-refractivity contribution is -0.163. The lowest BCUT2D eigenvalue weighted by Gasteiger charge is -2.53. The van der Waals surface area contributed by atoms with Gasteiger partial charge in [-0.1, -0.05) is 24.1 Å². The van der Waals surface area contributed by atoms with Crippen LogP contribution in [0.2, 0.25) is 0 Å². The molecule has 6 heteroatoms. The molecule has 0 bridgehead atoms. The molecule has 0 spiro atoms. The molecule has 6 nitrogen and oxygen atoms in total. The van der Waals surface area contributed by atoms with Gasteiger partial charge in [-0.25, -0.2) is 0 Å². The Labute approximate surface area is 183 Å². The summed E-state index contributed by atoms with van der Waals surface area (Å²) < 4.78 is 5.60. The normalized spacial score (nSPS) is 39.9. The first-order valence-electron chi connectivity index (χ1n) is 11.3. The second kappa shape index (κ2) is 7.24. The minimum Gasteiger partial charge on any atom is -0.490 e. The zero-order valence-corrected chi connectivity index (χ0v) is 18.7. The third-order valence-corrected chi connectivity index (χ3v) is 8.51. The molecule has 0 heterocycles. The van der Waals surface area contributed by atoms with E-state index in [1.807, 2.05) is 19.9 Å². The number of aliphatic hydroxyl groups excluding tert-OH is 1. The summed E-state index contributed by atoms with van der Waals surface area (Å²) in [5.74, 6) is -0.909. The first kappa shape index (κ1) is 22.2. The number of allylic oxidation sites excluding steroid dienone is 5. The van der Waals surface area contributed by atoms with Crippen LogP contribution < -0.4 is 0 Å². The predicted octanol–water partition coefficient (Wildman–Crippen LogP) is 2.83. The Kier molecular flexibility index (Phi) is 5.17. The maximum atomic E-state index is 13.0. The van der Waals surface area contributed by atoms with Crippen molar-refractivity contribution in [1.82, 2.24) is 0 Å². The maximum Gasteiger partial charge on any atom is 0.220 e. The number of ketones is 3. The molecule has 0 saturated heterocycles. The average molecular weight is 429 g/mol. The van der Waals surface area contributed by atoms with Gasteiger partial charge in [-0.2, -0.15) is 0 Å². The van der Waals surface area contributed by atoms with Crippen molar-refractivity contribution in [3.05, 3.63) is 35.1 Å². The number of fused-ring (bicyclic) bond motifs is 5. The number of Topliss-reactive ketones (excluding diaryl/α,β-unsaturated/α-hetero) is 2. The van der Waals surface area contributed by atoms with Crippen molar-refractivity contribution in [2.45, 2.75) is 71.5 Å². The first-order valence-corrected chi connectivity index (χ1v) is 11.3. The minimum absolute atomic E-state index is 0.0561. The predicted molar refractivity (Wildman–Crippen MR) is 114 cm³/mol. The van der Waals surface area contributed by atoms with Crippen LogP contribution >= 0.6 is 0 Å². The highest BCUT2D eigenvalue weighted by molar-refractivity contribution is 6.08. The van der Waals surface area contributed by atoms with Crippen LogP contribution in [0.4, 0.5) is 0 Å². The first-order chi connectivity index (χ1) is 14.5. The number of ether oxygens (including phenoxy) is 1. The molecule has 4 rings (SSSR count). The third kappa shape index (κ3) is 2.94. The number of aliphatic hydroxyl groups is 2. The van der Waals surface area contributed by atoms with Gasteiger partial charge in [0.05, 0.1) is 6.61 Å². The summed E-state index contributed by atoms with van der Waals surface area (Å²) in [6, 6.07) is 0. The molecular weight excluding hydrogens is 396 g/mol. The van der Waals surface area contributed by atoms with Crippen LogP contribution in [0.3, 0.4) is 0 Å². The third-order valence-electron chi connectivity index (χ3n) is 8.51. The van der Waals surface area contributed by atoms with Crippen LogP contribution in [0.15, 0.2) is 35.1 Å². The van der Waals surface area contributed by atoms with Crippen molar-refractivity contribution < 1.29 is 29.3 Å². The summed E-state index contributed by atoms with van der Waals surface area (Å²) in [6.45, 7) is 7.49. The monoisotopic (exact) mass is 428 g/mol. The largest absolute Gasteiger partial charge is 0.490 e. The zero-order chi connectivity index (χ0) is 22.8. The van der Waals surface area contributed by atoms with Crippen molar-refractivity contribution in [1.29, 1.82) is 0 Å². The Morgan fingerprint density at radius 2 is 2.00 bits per heavy atom. The summed E-state index contributed by atoms with van der Waals surface area (Å²) in [5, 5.41) is 21.6. The molecule has 4 aliphatic carbocycles. The van der Waals surface area contributed by atoms with Gasteiger partial charge in [-0.05, 0) is 76.9 Å². The van der Waals surface area contributed by atoms with Gasteiger partial charge in [0.1, 0.15) is 5.60 Å². The van der Waals surface area contributed by atoms with Crippen molar-refractivity contribution >= 4 is 17.3 Å². The lowest BCUT2D eigenvalue weighted by atomic mass is 9.51. The van der Waals surface area contributed by atoms with E-state index in [1.54, 1.807) is 6.08 Å². The van der Waals surface area contributed by atoms with Gasteiger partial charge in [0.2, 0.25) is 11.6 Å². The van der Waals surface area contributed by atoms with Crippen LogP contribution in [0.1, 0.15) is 59.8 Å². The average Bonchev–Trinajstić information content (AvgIpc) is 3.00. The fraction of sp³-hybridized carbons (Fsp3) is 0.640. The highest BCUT2D eigenvalue weighted by Gasteiger charge is 2.65. The molecule has 0 aromatic rings. The van der Waals surface area contributed by atoms with E-state index in [0.29, 0.717) is 25.2 Å². The van der Waals surface area contributed by atoms with E-state index >= 15 is 0 Å². The van der Waals surface area contributed by atoms with Gasteiger partial charge in [0.25, 0.3) is 0 Å². The Bertz CT molecular complexity index is 942. The van der Waals surface area contributed by atoms with Crippen LogP contribution in [-0.4, -0.2) is 45.9 Å². The van der Waals surface area contributed by atoms with Crippen molar-refractivity contribution in [3.8, 4) is 0 Å². The lowest BCUT2D eigenvalue weighted by Crippen LogP contribution is -2.58. The van der Waals surface area contributed by atoms with E-state index < -0.39 is 34.1 Å². The molecule has 6 atom stereocenters. The number of rotatable bonds is 5. The standard InChI is InChI=1S/C25H32O6/c1-5-31-20-13-23(3)15(12-19(20)27)6-7-16-17(23)8-10-24(4)18(16)9-11-25(24,30)22(29)21(28)14(2)26/h8,12-13,16,18,21,28,30H,5-7,9-11H2,1-4H3/t16?,18?,21?,23?,24?,25-/m0/s1. The summed E-state index contributed by atoms with van der Waals surface area (Å²) in [5.41, 5.74) is -0.573. The van der Waals surface area contributed by atoms with Crippen molar-refractivity contribution in [3.63, 3.8) is 0 Å². The second-order valence-electron chi connectivity index (χ2n) is 9.99. The van der Waals surface area contributed by atoms with E-state index in [1.165, 1.54) is 12.5 Å². The van der Waals surface area contributed by atoms with Gasteiger partial charge >= 0.3 is 0 Å². The molecule has 0 radical (unpaired) electrons. The van der Waals surface area contributed by atoms with Gasteiger partial charge in [-0.15, -0.1) is 0 Å². The highest BCUT2D eigenvalue weighted by Crippen LogP contribution is 2.65. The molecule has 0 amide bonds. The van der Waals surface area contributed by atoms with Crippen LogP contribution in [-0.2, 0) is 19.1 Å². The van der Waals surface area contributed by atoms with E-state index in [-0.39, 0.29) is 24.0 Å². The van der Waals surface area contributed by atoms with E-state index in [0.717, 1.165) is 18.4 Å². The van der Waals surface area contributed by atoms with Gasteiger partial charge < -0.3 is 14.9 Å². The van der Waals surface area contributed by atoms with Crippen LogP contribution in [0.5, 0.6) is 0 Å². The van der Waals surface area contributed by atoms with Crippen molar-refractivity contribution in [2.24, 2.45) is 22.7 Å². The zero-order valence-electron chi connectivity index (χ0n) is 18.7. The topological polar surface area (TPSA) is 101 Å². The molecule has 168 valence electrons. The SMILES string of the molecule is CCOC1=CC2(C)C(=CC1=O)CCC1C2=CCC2(C)C1CC[C@]2(O)C(=O)C(O)C(C)=O. The highest BCUT2D eigenvalue weighted by atomic mass is 16.5. The smallest absolute Gasteiger partial charge is 0.220 e. The Morgan fingerprint density at radius 3 is 2.65 bits per heavy atom. The summed E-state index contributed by atoms with van der Waals surface area (Å²) in [7, 11) is 0. The molecular formula is C25H32O6. The molecule has 2 N–H and O–H groups in total. The number of carbonyl (C=O) groups is 3. The Hall–Kier alpha value is -2.05. The van der Waals surface area contributed by atoms with Gasteiger partial charge in [0, 0.05) is 10.8 Å². The van der Waals surface area contributed by atoms with Crippen LogP contribution in [0, 0.1) is 22.7 Å². The number of hydrogen-bond acceptors (Lipinski definition) is 6. The fourth-order valence-corrected chi connectivity index (χ4v) is 6.69. The molecule has 0 aromatic carbocycles. The van der Waals surface area contributed by atoms with Crippen molar-refractivity contribution in [2.75, 3.05) is 6.61 Å². The summed E-state index contributed by atoms with van der Waals surface area (Å²) in [6.07, 6.45) is 6.99.